The molecule has 0 spiro atoms. The molecule has 1 aromatic carbocycles. The lowest BCUT2D eigenvalue weighted by Crippen LogP contribution is -2.34. The van der Waals surface area contributed by atoms with Crippen LogP contribution in [0, 0.1) is 5.82 Å². The second-order valence-corrected chi connectivity index (χ2v) is 5.52. The van der Waals surface area contributed by atoms with Gasteiger partial charge < -0.3 is 0 Å². The van der Waals surface area contributed by atoms with E-state index in [4.69, 9.17) is 0 Å². The molecule has 1 aliphatic rings. The number of rotatable bonds is 5. The summed E-state index contributed by atoms with van der Waals surface area (Å²) in [4.78, 5) is 2.52. The Bertz CT molecular complexity index is 333. The van der Waals surface area contributed by atoms with E-state index in [0.717, 1.165) is 24.5 Å². The molecule has 17 heavy (non-hydrogen) atoms. The van der Waals surface area contributed by atoms with Gasteiger partial charge in [0, 0.05) is 24.5 Å². The molecule has 1 aromatic rings. The molecule has 0 unspecified atom stereocenters. The molecule has 0 bridgehead atoms. The SMILES string of the molecule is Fc1ccc(CN(CCBr)C2CCCC2)cc1. The summed E-state index contributed by atoms with van der Waals surface area (Å²) in [6.45, 7) is 2.01. The van der Waals surface area contributed by atoms with E-state index in [1.54, 1.807) is 12.1 Å². The first-order valence-electron chi connectivity index (χ1n) is 6.34. The molecule has 0 N–H and O–H groups in total. The van der Waals surface area contributed by atoms with E-state index < -0.39 is 0 Å². The lowest BCUT2D eigenvalue weighted by Gasteiger charge is -2.28. The summed E-state index contributed by atoms with van der Waals surface area (Å²) in [7, 11) is 0. The van der Waals surface area contributed by atoms with Crippen LogP contribution in [0.4, 0.5) is 4.39 Å². The van der Waals surface area contributed by atoms with Crippen molar-refractivity contribution < 1.29 is 4.39 Å². The van der Waals surface area contributed by atoms with Crippen molar-refractivity contribution in [2.45, 2.75) is 38.3 Å². The number of halogens is 2. The number of nitrogens with zero attached hydrogens (tertiary/aromatic N) is 1. The second-order valence-electron chi connectivity index (χ2n) is 4.72. The Hall–Kier alpha value is -0.410. The van der Waals surface area contributed by atoms with Crippen molar-refractivity contribution >= 4 is 15.9 Å². The van der Waals surface area contributed by atoms with Crippen molar-refractivity contribution in [1.29, 1.82) is 0 Å². The average molecular weight is 300 g/mol. The van der Waals surface area contributed by atoms with Crippen LogP contribution in [0.1, 0.15) is 31.2 Å². The Morgan fingerprint density at radius 1 is 1.18 bits per heavy atom. The largest absolute Gasteiger partial charge is 0.295 e. The van der Waals surface area contributed by atoms with Crippen LogP contribution in [0.25, 0.3) is 0 Å². The van der Waals surface area contributed by atoms with E-state index >= 15 is 0 Å². The Balaban J connectivity index is 1.98. The van der Waals surface area contributed by atoms with E-state index in [1.807, 2.05) is 12.1 Å². The highest BCUT2D eigenvalue weighted by atomic mass is 79.9. The molecule has 0 aliphatic heterocycles. The van der Waals surface area contributed by atoms with Gasteiger partial charge in [-0.25, -0.2) is 4.39 Å². The molecule has 0 heterocycles. The summed E-state index contributed by atoms with van der Waals surface area (Å²) < 4.78 is 12.9. The number of hydrogen-bond donors (Lipinski definition) is 0. The van der Waals surface area contributed by atoms with E-state index in [0.29, 0.717) is 0 Å². The van der Waals surface area contributed by atoms with Gasteiger partial charge in [0.1, 0.15) is 5.82 Å². The minimum absolute atomic E-state index is 0.151. The number of benzene rings is 1. The zero-order valence-corrected chi connectivity index (χ0v) is 11.6. The molecule has 1 nitrogen and oxygen atoms in total. The average Bonchev–Trinajstić information content (AvgIpc) is 2.85. The molecule has 0 amide bonds. The van der Waals surface area contributed by atoms with Gasteiger partial charge in [-0.2, -0.15) is 0 Å². The van der Waals surface area contributed by atoms with Gasteiger partial charge in [-0.3, -0.25) is 4.90 Å². The summed E-state index contributed by atoms with van der Waals surface area (Å²) in [5, 5.41) is 1.00. The van der Waals surface area contributed by atoms with Crippen molar-refractivity contribution in [3.8, 4) is 0 Å². The zero-order valence-electron chi connectivity index (χ0n) is 10.0. The van der Waals surface area contributed by atoms with Crippen LogP contribution in [0.2, 0.25) is 0 Å². The lowest BCUT2D eigenvalue weighted by molar-refractivity contribution is 0.202. The maximum Gasteiger partial charge on any atom is 0.123 e. The summed E-state index contributed by atoms with van der Waals surface area (Å²) in [6, 6.07) is 7.61. The van der Waals surface area contributed by atoms with Crippen LogP contribution in [-0.2, 0) is 6.54 Å². The fourth-order valence-electron chi connectivity index (χ4n) is 2.59. The maximum atomic E-state index is 12.9. The quantitative estimate of drug-likeness (QED) is 0.744. The van der Waals surface area contributed by atoms with Crippen molar-refractivity contribution in [3.63, 3.8) is 0 Å². The molecule has 3 heteroatoms. The Morgan fingerprint density at radius 2 is 1.82 bits per heavy atom. The second kappa shape index (κ2) is 6.50. The van der Waals surface area contributed by atoms with Gasteiger partial charge in [0.05, 0.1) is 0 Å². The Kier molecular flexibility index (Phi) is 4.99. The van der Waals surface area contributed by atoms with Crippen LogP contribution in [0.5, 0.6) is 0 Å². The molecule has 1 fully saturated rings. The molecule has 0 saturated heterocycles. The summed E-state index contributed by atoms with van der Waals surface area (Å²) in [5.41, 5.74) is 1.21. The first kappa shape index (κ1) is 13.0. The summed E-state index contributed by atoms with van der Waals surface area (Å²) in [5.74, 6) is -0.151. The van der Waals surface area contributed by atoms with Gasteiger partial charge in [0.15, 0.2) is 0 Å². The Morgan fingerprint density at radius 3 is 2.41 bits per heavy atom. The summed E-state index contributed by atoms with van der Waals surface area (Å²) in [6.07, 6.45) is 5.34. The topological polar surface area (TPSA) is 3.24 Å². The maximum absolute atomic E-state index is 12.9. The van der Waals surface area contributed by atoms with Crippen LogP contribution >= 0.6 is 15.9 Å². The molecular formula is C14H19BrFN. The fourth-order valence-corrected chi connectivity index (χ4v) is 3.05. The molecule has 0 radical (unpaired) electrons. The fraction of sp³-hybridized carbons (Fsp3) is 0.571. The van der Waals surface area contributed by atoms with Crippen LogP contribution in [-0.4, -0.2) is 22.8 Å². The highest BCUT2D eigenvalue weighted by Crippen LogP contribution is 2.25. The van der Waals surface area contributed by atoms with E-state index in [-0.39, 0.29) is 5.82 Å². The first-order chi connectivity index (χ1) is 8.29. The molecule has 0 aromatic heterocycles. The van der Waals surface area contributed by atoms with Crippen molar-refractivity contribution in [2.24, 2.45) is 0 Å². The van der Waals surface area contributed by atoms with E-state index in [1.165, 1.54) is 31.2 Å². The van der Waals surface area contributed by atoms with Gasteiger partial charge in [-0.15, -0.1) is 0 Å². The van der Waals surface area contributed by atoms with Crippen molar-refractivity contribution in [3.05, 3.63) is 35.6 Å². The van der Waals surface area contributed by atoms with Gasteiger partial charge in [-0.05, 0) is 30.5 Å². The van der Waals surface area contributed by atoms with Crippen molar-refractivity contribution in [1.82, 2.24) is 4.90 Å². The van der Waals surface area contributed by atoms with Crippen LogP contribution < -0.4 is 0 Å². The molecule has 0 atom stereocenters. The van der Waals surface area contributed by atoms with E-state index in [9.17, 15) is 4.39 Å². The monoisotopic (exact) mass is 299 g/mol. The van der Waals surface area contributed by atoms with Crippen LogP contribution in [0.3, 0.4) is 0 Å². The highest BCUT2D eigenvalue weighted by Gasteiger charge is 2.21. The highest BCUT2D eigenvalue weighted by molar-refractivity contribution is 9.09. The van der Waals surface area contributed by atoms with Crippen molar-refractivity contribution in [2.75, 3.05) is 11.9 Å². The number of hydrogen-bond acceptors (Lipinski definition) is 1. The molecule has 1 aliphatic carbocycles. The predicted octanol–water partition coefficient (Wildman–Crippen LogP) is 3.97. The Labute approximate surface area is 111 Å². The third-order valence-corrected chi connectivity index (χ3v) is 3.87. The van der Waals surface area contributed by atoms with Gasteiger partial charge in [0.25, 0.3) is 0 Å². The molecule has 2 rings (SSSR count). The molecule has 94 valence electrons. The molecule has 1 saturated carbocycles. The lowest BCUT2D eigenvalue weighted by atomic mass is 10.1. The van der Waals surface area contributed by atoms with Gasteiger partial charge in [0.2, 0.25) is 0 Å². The number of alkyl halides is 1. The zero-order chi connectivity index (χ0) is 12.1. The minimum Gasteiger partial charge on any atom is -0.295 e. The summed E-state index contributed by atoms with van der Waals surface area (Å²) >= 11 is 3.52. The van der Waals surface area contributed by atoms with Gasteiger partial charge >= 0.3 is 0 Å². The smallest absolute Gasteiger partial charge is 0.123 e. The van der Waals surface area contributed by atoms with Crippen LogP contribution in [0.15, 0.2) is 24.3 Å². The first-order valence-corrected chi connectivity index (χ1v) is 7.46. The third-order valence-electron chi connectivity index (χ3n) is 3.51. The standard InChI is InChI=1S/C14H19BrFN/c15-9-10-17(14-3-1-2-4-14)11-12-5-7-13(16)8-6-12/h5-8,14H,1-4,9-11H2. The minimum atomic E-state index is -0.151. The molecular weight excluding hydrogens is 281 g/mol. The van der Waals surface area contributed by atoms with E-state index in [2.05, 4.69) is 20.8 Å². The normalized spacial score (nSPS) is 16.9. The predicted molar refractivity (Wildman–Crippen MR) is 72.9 cm³/mol. The van der Waals surface area contributed by atoms with Gasteiger partial charge in [-0.1, -0.05) is 40.9 Å². The third kappa shape index (κ3) is 3.78.